The summed E-state index contributed by atoms with van der Waals surface area (Å²) >= 11 is 3.22. The molecule has 0 radical (unpaired) electrons. The summed E-state index contributed by atoms with van der Waals surface area (Å²) in [6, 6.07) is 4.95. The Kier molecular flexibility index (Phi) is 2.39. The van der Waals surface area contributed by atoms with Gasteiger partial charge >= 0.3 is 0 Å². The summed E-state index contributed by atoms with van der Waals surface area (Å²) in [6.07, 6.45) is 2.27. The molecule has 1 fully saturated rings. The zero-order chi connectivity index (χ0) is 9.42. The zero-order valence-electron chi connectivity index (χ0n) is 7.13. The van der Waals surface area contributed by atoms with Crippen molar-refractivity contribution >= 4 is 15.9 Å². The van der Waals surface area contributed by atoms with E-state index in [0.29, 0.717) is 11.5 Å². The second-order valence-corrected chi connectivity index (χ2v) is 4.44. The lowest BCUT2D eigenvalue weighted by Gasteiger charge is -2.11. The summed E-state index contributed by atoms with van der Waals surface area (Å²) in [7, 11) is 0. The molecule has 1 aliphatic carbocycles. The first-order valence-electron chi connectivity index (χ1n) is 4.39. The van der Waals surface area contributed by atoms with E-state index < -0.39 is 0 Å². The predicted octanol–water partition coefficient (Wildman–Crippen LogP) is 3.00. The fourth-order valence-electron chi connectivity index (χ4n) is 1.48. The molecule has 1 aromatic carbocycles. The highest BCUT2D eigenvalue weighted by Gasteiger charge is 2.30. The first kappa shape index (κ1) is 9.16. The minimum Gasteiger partial charge on any atom is -0.324 e. The second kappa shape index (κ2) is 3.39. The first-order chi connectivity index (χ1) is 6.18. The Morgan fingerprint density at radius 3 is 2.69 bits per heavy atom. The Balaban J connectivity index is 2.28. The van der Waals surface area contributed by atoms with E-state index in [2.05, 4.69) is 15.9 Å². The number of hydrogen-bond acceptors (Lipinski definition) is 1. The van der Waals surface area contributed by atoms with Crippen LogP contribution in [0.2, 0.25) is 0 Å². The lowest BCUT2D eigenvalue weighted by atomic mass is 10.0. The monoisotopic (exact) mass is 243 g/mol. The first-order valence-corrected chi connectivity index (χ1v) is 5.18. The van der Waals surface area contributed by atoms with Crippen molar-refractivity contribution in [1.29, 1.82) is 0 Å². The molecule has 0 bridgehead atoms. The van der Waals surface area contributed by atoms with Crippen molar-refractivity contribution in [3.8, 4) is 0 Å². The number of rotatable bonds is 2. The van der Waals surface area contributed by atoms with Crippen LogP contribution in [0.25, 0.3) is 0 Å². The van der Waals surface area contributed by atoms with Crippen molar-refractivity contribution in [2.24, 2.45) is 11.7 Å². The Morgan fingerprint density at radius 1 is 1.46 bits per heavy atom. The van der Waals surface area contributed by atoms with Gasteiger partial charge in [-0.05, 0) is 30.9 Å². The van der Waals surface area contributed by atoms with Gasteiger partial charge in [-0.15, -0.1) is 0 Å². The maximum atomic E-state index is 13.4. The molecule has 1 aromatic rings. The van der Waals surface area contributed by atoms with Gasteiger partial charge in [0.25, 0.3) is 0 Å². The van der Waals surface area contributed by atoms with Crippen LogP contribution >= 0.6 is 15.9 Å². The van der Waals surface area contributed by atoms with E-state index in [0.717, 1.165) is 17.3 Å². The van der Waals surface area contributed by atoms with Gasteiger partial charge in [-0.1, -0.05) is 22.0 Å². The van der Waals surface area contributed by atoms with Crippen molar-refractivity contribution in [2.75, 3.05) is 0 Å². The second-order valence-electron chi connectivity index (χ2n) is 3.53. The number of benzene rings is 1. The van der Waals surface area contributed by atoms with Crippen LogP contribution in [-0.2, 0) is 0 Å². The van der Waals surface area contributed by atoms with Crippen molar-refractivity contribution in [2.45, 2.75) is 18.9 Å². The van der Waals surface area contributed by atoms with Crippen LogP contribution in [-0.4, -0.2) is 0 Å². The van der Waals surface area contributed by atoms with Crippen molar-refractivity contribution in [3.05, 3.63) is 34.1 Å². The van der Waals surface area contributed by atoms with Gasteiger partial charge in [0, 0.05) is 16.1 Å². The molecule has 13 heavy (non-hydrogen) atoms. The van der Waals surface area contributed by atoms with Crippen molar-refractivity contribution in [3.63, 3.8) is 0 Å². The van der Waals surface area contributed by atoms with E-state index in [9.17, 15) is 4.39 Å². The molecule has 0 heterocycles. The molecular formula is C10H11BrFN. The SMILES string of the molecule is N[C@@H](c1ccc(Br)cc1F)C1CC1. The van der Waals surface area contributed by atoms with E-state index in [1.54, 1.807) is 6.07 Å². The Hall–Kier alpha value is -0.410. The summed E-state index contributed by atoms with van der Waals surface area (Å²) in [5, 5.41) is 0. The molecule has 1 aliphatic rings. The summed E-state index contributed by atoms with van der Waals surface area (Å²) in [5.74, 6) is 0.296. The van der Waals surface area contributed by atoms with E-state index in [-0.39, 0.29) is 11.9 Å². The van der Waals surface area contributed by atoms with Gasteiger partial charge in [0.2, 0.25) is 0 Å². The topological polar surface area (TPSA) is 26.0 Å². The van der Waals surface area contributed by atoms with Gasteiger partial charge in [0.15, 0.2) is 0 Å². The molecule has 1 nitrogen and oxygen atoms in total. The van der Waals surface area contributed by atoms with Crippen LogP contribution < -0.4 is 5.73 Å². The van der Waals surface area contributed by atoms with Crippen LogP contribution in [0.5, 0.6) is 0 Å². The molecule has 0 saturated heterocycles. The Morgan fingerprint density at radius 2 is 2.15 bits per heavy atom. The highest BCUT2D eigenvalue weighted by Crippen LogP contribution is 2.40. The molecular weight excluding hydrogens is 233 g/mol. The fourth-order valence-corrected chi connectivity index (χ4v) is 1.81. The van der Waals surface area contributed by atoms with Crippen LogP contribution in [0.15, 0.2) is 22.7 Å². The zero-order valence-corrected chi connectivity index (χ0v) is 8.72. The quantitative estimate of drug-likeness (QED) is 0.850. The Labute approximate surface area is 85.3 Å². The minimum absolute atomic E-state index is 0.118. The third-order valence-electron chi connectivity index (χ3n) is 2.45. The molecule has 1 saturated carbocycles. The molecule has 0 aliphatic heterocycles. The van der Waals surface area contributed by atoms with Crippen molar-refractivity contribution in [1.82, 2.24) is 0 Å². The van der Waals surface area contributed by atoms with Crippen LogP contribution in [0, 0.1) is 11.7 Å². The van der Waals surface area contributed by atoms with Crippen molar-refractivity contribution < 1.29 is 4.39 Å². The van der Waals surface area contributed by atoms with Crippen LogP contribution in [0.1, 0.15) is 24.4 Å². The molecule has 0 spiro atoms. The van der Waals surface area contributed by atoms with Gasteiger partial charge < -0.3 is 5.73 Å². The maximum Gasteiger partial charge on any atom is 0.129 e. The van der Waals surface area contributed by atoms with E-state index in [1.807, 2.05) is 6.07 Å². The highest BCUT2D eigenvalue weighted by atomic mass is 79.9. The lowest BCUT2D eigenvalue weighted by Crippen LogP contribution is -2.13. The minimum atomic E-state index is -0.200. The molecule has 2 rings (SSSR count). The largest absolute Gasteiger partial charge is 0.324 e. The lowest BCUT2D eigenvalue weighted by molar-refractivity contribution is 0.553. The van der Waals surface area contributed by atoms with E-state index in [1.165, 1.54) is 6.07 Å². The molecule has 2 N–H and O–H groups in total. The summed E-state index contributed by atoms with van der Waals surface area (Å²) in [6.45, 7) is 0. The van der Waals surface area contributed by atoms with Crippen LogP contribution in [0.4, 0.5) is 4.39 Å². The highest BCUT2D eigenvalue weighted by molar-refractivity contribution is 9.10. The molecule has 0 unspecified atom stereocenters. The van der Waals surface area contributed by atoms with Crippen LogP contribution in [0.3, 0.4) is 0 Å². The van der Waals surface area contributed by atoms with Gasteiger partial charge in [0.1, 0.15) is 5.82 Å². The Bertz CT molecular complexity index is 323. The molecule has 70 valence electrons. The number of nitrogens with two attached hydrogens (primary N) is 1. The predicted molar refractivity (Wildman–Crippen MR) is 53.8 cm³/mol. The smallest absolute Gasteiger partial charge is 0.129 e. The number of halogens is 2. The third kappa shape index (κ3) is 1.92. The van der Waals surface area contributed by atoms with E-state index in [4.69, 9.17) is 5.73 Å². The standard InChI is InChI=1S/C10H11BrFN/c11-7-3-4-8(9(12)5-7)10(13)6-1-2-6/h3-6,10H,1-2,13H2/t10-/m1/s1. The van der Waals surface area contributed by atoms with Gasteiger partial charge in [-0.3, -0.25) is 0 Å². The fraction of sp³-hybridized carbons (Fsp3) is 0.400. The van der Waals surface area contributed by atoms with E-state index >= 15 is 0 Å². The molecule has 0 amide bonds. The summed E-state index contributed by atoms with van der Waals surface area (Å²) in [5.41, 5.74) is 6.54. The average Bonchev–Trinajstić information content (AvgIpc) is 2.85. The van der Waals surface area contributed by atoms with Gasteiger partial charge in [-0.2, -0.15) is 0 Å². The summed E-state index contributed by atoms with van der Waals surface area (Å²) in [4.78, 5) is 0. The number of hydrogen-bond donors (Lipinski definition) is 1. The summed E-state index contributed by atoms with van der Waals surface area (Å²) < 4.78 is 14.1. The molecule has 1 atom stereocenters. The maximum absolute atomic E-state index is 13.4. The average molecular weight is 244 g/mol. The molecule has 0 aromatic heterocycles. The normalized spacial score (nSPS) is 18.7. The molecule has 3 heteroatoms. The van der Waals surface area contributed by atoms with Gasteiger partial charge in [0.05, 0.1) is 0 Å². The third-order valence-corrected chi connectivity index (χ3v) is 2.94. The van der Waals surface area contributed by atoms with Gasteiger partial charge in [-0.25, -0.2) is 4.39 Å².